The second-order valence-electron chi connectivity index (χ2n) is 12.8. The molecule has 14 heteroatoms. The average Bonchev–Trinajstić information content (AvgIpc) is 3.80. The number of benzene rings is 2. The van der Waals surface area contributed by atoms with Gasteiger partial charge in [0.2, 0.25) is 5.43 Å². The number of halogens is 1. The molecule has 3 heterocycles. The molecule has 0 radical (unpaired) electrons. The number of carbonyl (C=O) groups is 2. The van der Waals surface area contributed by atoms with Crippen molar-refractivity contribution in [3.63, 3.8) is 0 Å². The van der Waals surface area contributed by atoms with E-state index in [-0.39, 0.29) is 41.0 Å². The van der Waals surface area contributed by atoms with Gasteiger partial charge in [0.25, 0.3) is 11.8 Å². The SMILES string of the molecule is C[Si](C)(C)CCOCn1nc(-c2ccc(NC(=O)c3cn(C4CC4)c(C(N)=O)c(-c4ccc(F)cc4)c3=O)cc2)c2c(N)ncnc21. The number of nitrogens with zero attached hydrogens (tertiary/aromatic N) is 5. The van der Waals surface area contributed by atoms with Crippen LogP contribution in [-0.2, 0) is 11.5 Å². The summed E-state index contributed by atoms with van der Waals surface area (Å²) in [4.78, 5) is 48.4. The smallest absolute Gasteiger partial charge is 0.266 e. The summed E-state index contributed by atoms with van der Waals surface area (Å²) in [5.74, 6) is -1.71. The van der Waals surface area contributed by atoms with Crippen LogP contribution in [0.25, 0.3) is 33.4 Å². The normalized spacial score (nSPS) is 13.2. The Morgan fingerprint density at radius 3 is 2.36 bits per heavy atom. The van der Waals surface area contributed by atoms with Crippen LogP contribution in [0, 0.1) is 5.82 Å². The van der Waals surface area contributed by atoms with Gasteiger partial charge in [0.05, 0.1) is 10.9 Å². The van der Waals surface area contributed by atoms with Crippen LogP contribution >= 0.6 is 0 Å². The number of rotatable bonds is 11. The molecule has 0 unspecified atom stereocenters. The minimum Gasteiger partial charge on any atom is -0.383 e. The summed E-state index contributed by atoms with van der Waals surface area (Å²) in [6.07, 6.45) is 4.29. The van der Waals surface area contributed by atoms with Crippen LogP contribution in [0.5, 0.6) is 0 Å². The van der Waals surface area contributed by atoms with Crippen molar-refractivity contribution in [2.24, 2.45) is 5.73 Å². The molecule has 2 amide bonds. The molecular weight excluding hydrogens is 619 g/mol. The van der Waals surface area contributed by atoms with Gasteiger partial charge in [-0.25, -0.2) is 19.0 Å². The number of amides is 2. The van der Waals surface area contributed by atoms with Crippen LogP contribution in [-0.4, -0.2) is 50.8 Å². The molecule has 1 aliphatic rings. The molecule has 0 bridgehead atoms. The molecule has 1 fully saturated rings. The van der Waals surface area contributed by atoms with E-state index in [0.29, 0.717) is 34.6 Å². The Balaban J connectivity index is 1.29. The van der Waals surface area contributed by atoms with E-state index in [9.17, 15) is 18.8 Å². The molecule has 47 heavy (non-hydrogen) atoms. The Bertz CT molecular complexity index is 2050. The van der Waals surface area contributed by atoms with Crippen molar-refractivity contribution in [2.45, 2.75) is 51.3 Å². The minimum absolute atomic E-state index is 0.0126. The molecule has 12 nitrogen and oxygen atoms in total. The van der Waals surface area contributed by atoms with Crippen LogP contribution in [0.15, 0.2) is 65.8 Å². The van der Waals surface area contributed by atoms with Gasteiger partial charge in [-0.3, -0.25) is 14.4 Å². The van der Waals surface area contributed by atoms with Gasteiger partial charge in [0.1, 0.15) is 41.6 Å². The molecule has 0 aliphatic heterocycles. The number of nitrogens with two attached hydrogens (primary N) is 2. The van der Waals surface area contributed by atoms with Gasteiger partial charge >= 0.3 is 0 Å². The van der Waals surface area contributed by atoms with E-state index >= 15 is 0 Å². The van der Waals surface area contributed by atoms with Gasteiger partial charge in [-0.2, -0.15) is 5.10 Å². The number of hydrogen-bond donors (Lipinski definition) is 3. The molecule has 2 aromatic carbocycles. The number of fused-ring (bicyclic) bond motifs is 1. The number of ether oxygens (including phenoxy) is 1. The fourth-order valence-corrected chi connectivity index (χ4v) is 6.09. The highest BCUT2D eigenvalue weighted by Gasteiger charge is 2.32. The summed E-state index contributed by atoms with van der Waals surface area (Å²) in [7, 11) is -1.26. The first-order valence-electron chi connectivity index (χ1n) is 15.2. The Labute approximate surface area is 270 Å². The molecule has 1 aliphatic carbocycles. The third-order valence-corrected chi connectivity index (χ3v) is 9.67. The van der Waals surface area contributed by atoms with E-state index in [0.717, 1.165) is 18.9 Å². The molecule has 0 spiro atoms. The van der Waals surface area contributed by atoms with E-state index in [2.05, 4.69) is 34.9 Å². The van der Waals surface area contributed by atoms with Crippen molar-refractivity contribution in [3.05, 3.63) is 88.4 Å². The predicted octanol–water partition coefficient (Wildman–Crippen LogP) is 5.04. The van der Waals surface area contributed by atoms with Crippen LogP contribution in [0.1, 0.15) is 39.7 Å². The molecule has 5 N–H and O–H groups in total. The number of carbonyl (C=O) groups excluding carboxylic acids is 2. The van der Waals surface area contributed by atoms with Crippen molar-refractivity contribution in [2.75, 3.05) is 17.7 Å². The Morgan fingerprint density at radius 2 is 1.72 bits per heavy atom. The molecule has 0 saturated heterocycles. The fraction of sp³-hybridized carbons (Fsp3) is 0.273. The van der Waals surface area contributed by atoms with E-state index < -0.39 is 31.1 Å². The third-order valence-electron chi connectivity index (χ3n) is 7.97. The van der Waals surface area contributed by atoms with E-state index in [4.69, 9.17) is 21.3 Å². The number of primary amides is 1. The second-order valence-corrected chi connectivity index (χ2v) is 18.4. The summed E-state index contributed by atoms with van der Waals surface area (Å²) in [6, 6.07) is 13.0. The average molecular weight is 655 g/mol. The van der Waals surface area contributed by atoms with Crippen LogP contribution < -0.4 is 22.2 Å². The predicted molar refractivity (Wildman–Crippen MR) is 180 cm³/mol. The van der Waals surface area contributed by atoms with Crippen molar-refractivity contribution in [3.8, 4) is 22.4 Å². The molecule has 1 saturated carbocycles. The molecule has 6 rings (SSSR count). The summed E-state index contributed by atoms with van der Waals surface area (Å²) >= 11 is 0. The van der Waals surface area contributed by atoms with Crippen molar-refractivity contribution < 1.29 is 18.7 Å². The van der Waals surface area contributed by atoms with Crippen molar-refractivity contribution >= 4 is 42.4 Å². The lowest BCUT2D eigenvalue weighted by molar-refractivity contribution is 0.0814. The zero-order valence-corrected chi connectivity index (χ0v) is 27.3. The summed E-state index contributed by atoms with van der Waals surface area (Å²) < 4.78 is 22.9. The van der Waals surface area contributed by atoms with Crippen LogP contribution in [0.2, 0.25) is 25.7 Å². The highest BCUT2D eigenvalue weighted by Crippen LogP contribution is 2.38. The standard InChI is InChI=1S/C33H35FN8O4Si/c1-47(2,3)15-14-46-18-42-32-26(30(35)37-17-38-32)27(40-42)20-6-10-22(11-7-20)39-33(45)24-16-41(23-12-13-23)28(31(36)44)25(29(24)43)19-4-8-21(34)9-5-19/h4-11,16-17,23H,12-15,18H2,1-3H3,(H2,36,44)(H,39,45)(H2,35,37,38). The van der Waals surface area contributed by atoms with Gasteiger partial charge in [-0.1, -0.05) is 43.9 Å². The Hall–Kier alpha value is -5.21. The van der Waals surface area contributed by atoms with Crippen LogP contribution in [0.3, 0.4) is 0 Å². The summed E-state index contributed by atoms with van der Waals surface area (Å²) in [5.41, 5.74) is 13.6. The largest absolute Gasteiger partial charge is 0.383 e. The number of anilines is 2. The lowest BCUT2D eigenvalue weighted by Gasteiger charge is -2.17. The van der Waals surface area contributed by atoms with Gasteiger partial charge in [0.15, 0.2) is 5.65 Å². The number of nitrogen functional groups attached to an aromatic ring is 1. The zero-order valence-electron chi connectivity index (χ0n) is 26.3. The van der Waals surface area contributed by atoms with Gasteiger partial charge < -0.3 is 26.1 Å². The quantitative estimate of drug-likeness (QED) is 0.131. The highest BCUT2D eigenvalue weighted by atomic mass is 28.3. The Morgan fingerprint density at radius 1 is 1.04 bits per heavy atom. The Kier molecular flexibility index (Phi) is 8.47. The molecular formula is C33H35FN8O4Si. The maximum Gasteiger partial charge on any atom is 0.266 e. The van der Waals surface area contributed by atoms with Crippen molar-refractivity contribution in [1.29, 1.82) is 0 Å². The topological polar surface area (TPSA) is 173 Å². The number of pyridine rings is 1. The first-order chi connectivity index (χ1) is 22.4. The first-order valence-corrected chi connectivity index (χ1v) is 18.9. The minimum atomic E-state index is -1.26. The zero-order chi connectivity index (χ0) is 33.5. The lowest BCUT2D eigenvalue weighted by atomic mass is 9.99. The van der Waals surface area contributed by atoms with E-state index in [1.165, 1.54) is 36.8 Å². The van der Waals surface area contributed by atoms with Gasteiger partial charge in [0, 0.05) is 38.2 Å². The number of aromatic nitrogens is 5. The maximum atomic E-state index is 13.7. The first kappa shape index (κ1) is 31.8. The van der Waals surface area contributed by atoms with Crippen molar-refractivity contribution in [1.82, 2.24) is 24.3 Å². The summed E-state index contributed by atoms with van der Waals surface area (Å²) in [6.45, 7) is 7.67. The molecule has 0 atom stereocenters. The lowest BCUT2D eigenvalue weighted by Crippen LogP contribution is -2.30. The second kappa shape index (κ2) is 12.5. The number of hydrogen-bond acceptors (Lipinski definition) is 8. The van der Waals surface area contributed by atoms with E-state index in [1.54, 1.807) is 33.5 Å². The molecule has 5 aromatic rings. The fourth-order valence-electron chi connectivity index (χ4n) is 5.33. The monoisotopic (exact) mass is 654 g/mol. The van der Waals surface area contributed by atoms with Crippen LogP contribution in [0.4, 0.5) is 15.9 Å². The van der Waals surface area contributed by atoms with Gasteiger partial charge in [-0.05, 0) is 48.7 Å². The maximum absolute atomic E-state index is 13.7. The third kappa shape index (κ3) is 6.69. The number of nitrogens with one attached hydrogen (secondary N) is 1. The van der Waals surface area contributed by atoms with E-state index in [1.807, 2.05) is 0 Å². The summed E-state index contributed by atoms with van der Waals surface area (Å²) in [5, 5.41) is 8.10. The highest BCUT2D eigenvalue weighted by molar-refractivity contribution is 6.76. The van der Waals surface area contributed by atoms with Gasteiger partial charge in [-0.15, -0.1) is 0 Å². The molecule has 3 aromatic heterocycles. The molecule has 242 valence electrons.